The number of benzene rings is 1. The molecule has 0 spiro atoms. The molecule has 13 heteroatoms. The standard InChI is InChI=1S/C25H26ClF2N5O5/c26-24-30-19(32-10-14-7-4-8-15(14)11-32)16-9-29-33(20(16)31-24)21-18(34)25(36,23(27)28)17(38-21)12-37-22(35)13-5-2-1-3-6-13/h1-3,5-6,9,14-15,17-18,21,23,34,36H,4,7-8,10-12H2/t14-,15+,17-,18+,21-,25-/m1/s1. The van der Waals surface area contributed by atoms with E-state index < -0.39 is 43.0 Å². The molecular weight excluding hydrogens is 524 g/mol. The average molecular weight is 550 g/mol. The lowest BCUT2D eigenvalue weighted by molar-refractivity contribution is -0.172. The molecule has 0 amide bonds. The maximum atomic E-state index is 14.1. The molecule has 6 atom stereocenters. The highest BCUT2D eigenvalue weighted by molar-refractivity contribution is 6.28. The predicted octanol–water partition coefficient (Wildman–Crippen LogP) is 2.83. The normalized spacial score (nSPS) is 30.9. The number of ether oxygens (including phenoxy) is 2. The first-order chi connectivity index (χ1) is 18.3. The van der Waals surface area contributed by atoms with E-state index in [4.69, 9.17) is 21.1 Å². The average Bonchev–Trinajstić information content (AvgIpc) is 3.67. The molecule has 2 saturated heterocycles. The van der Waals surface area contributed by atoms with Crippen molar-refractivity contribution in [2.24, 2.45) is 11.8 Å². The Bertz CT molecular complexity index is 1330. The number of halogens is 3. The van der Waals surface area contributed by atoms with Crippen molar-refractivity contribution in [1.82, 2.24) is 19.7 Å². The lowest BCUT2D eigenvalue weighted by atomic mass is 9.93. The summed E-state index contributed by atoms with van der Waals surface area (Å²) < 4.78 is 40.2. The number of esters is 1. The molecule has 1 saturated carbocycles. The number of aliphatic hydroxyl groups is 2. The van der Waals surface area contributed by atoms with Gasteiger partial charge in [0.1, 0.15) is 24.6 Å². The third kappa shape index (κ3) is 4.10. The molecule has 202 valence electrons. The fraction of sp³-hybridized carbons (Fsp3) is 0.520. The summed E-state index contributed by atoms with van der Waals surface area (Å²) in [6.45, 7) is 0.917. The first kappa shape index (κ1) is 25.4. The molecule has 2 aliphatic heterocycles. The topological polar surface area (TPSA) is 123 Å². The summed E-state index contributed by atoms with van der Waals surface area (Å²) in [6.07, 6.45) is -3.83. The summed E-state index contributed by atoms with van der Waals surface area (Å²) >= 11 is 6.25. The number of hydrogen-bond acceptors (Lipinski definition) is 9. The summed E-state index contributed by atoms with van der Waals surface area (Å²) in [7, 11) is 0. The molecule has 3 aliphatic rings. The van der Waals surface area contributed by atoms with Gasteiger partial charge in [0.15, 0.2) is 17.5 Å². The van der Waals surface area contributed by atoms with E-state index in [9.17, 15) is 23.8 Å². The quantitative estimate of drug-likeness (QED) is 0.353. The SMILES string of the molecule is O=C(OC[C@H]1O[C@@H](n2ncc3c(N4C[C@H]5CCC[C@H]5C4)nc(Cl)nc32)[C@H](O)[C@@]1(O)C(F)F)c1ccccc1. The van der Waals surface area contributed by atoms with Gasteiger partial charge in [0.2, 0.25) is 5.28 Å². The van der Waals surface area contributed by atoms with Gasteiger partial charge >= 0.3 is 5.97 Å². The number of rotatable bonds is 6. The number of aromatic nitrogens is 4. The summed E-state index contributed by atoms with van der Waals surface area (Å²) in [6, 6.07) is 7.95. The molecule has 10 nitrogen and oxygen atoms in total. The van der Waals surface area contributed by atoms with Crippen molar-refractivity contribution in [2.75, 3.05) is 24.6 Å². The second-order valence-corrected chi connectivity index (χ2v) is 10.4. The van der Waals surface area contributed by atoms with Gasteiger partial charge in [-0.05, 0) is 48.4 Å². The van der Waals surface area contributed by atoms with E-state index in [0.717, 1.165) is 30.6 Å². The molecule has 0 bridgehead atoms. The molecule has 0 unspecified atom stereocenters. The fourth-order valence-corrected chi connectivity index (χ4v) is 6.09. The highest BCUT2D eigenvalue weighted by Gasteiger charge is 2.62. The third-order valence-electron chi connectivity index (χ3n) is 7.96. The van der Waals surface area contributed by atoms with E-state index in [1.54, 1.807) is 18.2 Å². The number of aliphatic hydroxyl groups excluding tert-OH is 1. The zero-order valence-electron chi connectivity index (χ0n) is 20.2. The van der Waals surface area contributed by atoms with Gasteiger partial charge < -0.3 is 24.6 Å². The van der Waals surface area contributed by atoms with Crippen LogP contribution in [0, 0.1) is 11.8 Å². The molecule has 3 aromatic rings. The van der Waals surface area contributed by atoms with Crippen LogP contribution in [0.25, 0.3) is 11.0 Å². The van der Waals surface area contributed by atoms with E-state index in [1.807, 2.05) is 0 Å². The van der Waals surface area contributed by atoms with Crippen LogP contribution in [0.15, 0.2) is 36.5 Å². The van der Waals surface area contributed by atoms with Gasteiger partial charge in [0.25, 0.3) is 6.43 Å². The van der Waals surface area contributed by atoms with Crippen molar-refractivity contribution in [2.45, 2.75) is 49.7 Å². The molecule has 2 N–H and O–H groups in total. The van der Waals surface area contributed by atoms with Crippen LogP contribution in [-0.4, -0.2) is 79.9 Å². The minimum absolute atomic E-state index is 0.0729. The van der Waals surface area contributed by atoms with Gasteiger partial charge in [-0.15, -0.1) is 0 Å². The van der Waals surface area contributed by atoms with Crippen LogP contribution in [0.1, 0.15) is 35.8 Å². The monoisotopic (exact) mass is 549 g/mol. The number of alkyl halides is 2. The zero-order valence-corrected chi connectivity index (χ0v) is 20.9. The number of nitrogens with zero attached hydrogens (tertiary/aromatic N) is 5. The van der Waals surface area contributed by atoms with E-state index in [1.165, 1.54) is 24.8 Å². The summed E-state index contributed by atoms with van der Waals surface area (Å²) in [5.74, 6) is 0.946. The smallest absolute Gasteiger partial charge is 0.338 e. The van der Waals surface area contributed by atoms with E-state index >= 15 is 0 Å². The van der Waals surface area contributed by atoms with E-state index in [-0.39, 0.29) is 16.5 Å². The molecule has 0 radical (unpaired) electrons. The predicted molar refractivity (Wildman–Crippen MR) is 131 cm³/mol. The Hall–Kier alpha value is -2.93. The number of carbonyl (C=O) groups excluding carboxylic acids is 1. The number of fused-ring (bicyclic) bond motifs is 2. The molecule has 3 fully saturated rings. The lowest BCUT2D eigenvalue weighted by Crippen LogP contribution is -2.55. The molecule has 1 aliphatic carbocycles. The Morgan fingerprint density at radius 1 is 1.21 bits per heavy atom. The molecule has 2 aromatic heterocycles. The maximum Gasteiger partial charge on any atom is 0.338 e. The Morgan fingerprint density at radius 3 is 2.61 bits per heavy atom. The maximum absolute atomic E-state index is 14.1. The minimum atomic E-state index is -3.41. The summed E-state index contributed by atoms with van der Waals surface area (Å²) in [5, 5.41) is 26.4. The second kappa shape index (κ2) is 9.67. The first-order valence-corrected chi connectivity index (χ1v) is 12.9. The Kier molecular flexibility index (Phi) is 6.45. The van der Waals surface area contributed by atoms with Crippen LogP contribution < -0.4 is 4.90 Å². The molecule has 6 rings (SSSR count). The first-order valence-electron chi connectivity index (χ1n) is 12.5. The van der Waals surface area contributed by atoms with E-state index in [0.29, 0.717) is 23.0 Å². The van der Waals surface area contributed by atoms with Gasteiger partial charge in [-0.2, -0.15) is 15.1 Å². The zero-order chi connectivity index (χ0) is 26.6. The fourth-order valence-electron chi connectivity index (χ4n) is 5.93. The number of carbonyl (C=O) groups is 1. The van der Waals surface area contributed by atoms with Crippen LogP contribution in [-0.2, 0) is 9.47 Å². The lowest BCUT2D eigenvalue weighted by Gasteiger charge is -2.29. The van der Waals surface area contributed by atoms with Crippen LogP contribution in [0.4, 0.5) is 14.6 Å². The van der Waals surface area contributed by atoms with Crippen molar-refractivity contribution in [3.8, 4) is 0 Å². The molecule has 1 aromatic carbocycles. The van der Waals surface area contributed by atoms with Gasteiger partial charge in [-0.25, -0.2) is 18.3 Å². The van der Waals surface area contributed by atoms with Crippen molar-refractivity contribution in [3.63, 3.8) is 0 Å². The van der Waals surface area contributed by atoms with Crippen molar-refractivity contribution in [3.05, 3.63) is 47.4 Å². The van der Waals surface area contributed by atoms with Gasteiger partial charge in [-0.3, -0.25) is 0 Å². The Labute approximate surface area is 221 Å². The van der Waals surface area contributed by atoms with Crippen LogP contribution in [0.5, 0.6) is 0 Å². The van der Waals surface area contributed by atoms with Gasteiger partial charge in [-0.1, -0.05) is 24.6 Å². The van der Waals surface area contributed by atoms with Crippen molar-refractivity contribution in [1.29, 1.82) is 0 Å². The second-order valence-electron chi connectivity index (χ2n) is 10.1. The Morgan fingerprint density at radius 2 is 1.92 bits per heavy atom. The third-order valence-corrected chi connectivity index (χ3v) is 8.13. The van der Waals surface area contributed by atoms with Crippen LogP contribution in [0.2, 0.25) is 5.28 Å². The number of anilines is 1. The minimum Gasteiger partial charge on any atom is -0.459 e. The van der Waals surface area contributed by atoms with Crippen LogP contribution >= 0.6 is 11.6 Å². The van der Waals surface area contributed by atoms with Gasteiger partial charge in [0, 0.05) is 13.1 Å². The Balaban J connectivity index is 1.29. The van der Waals surface area contributed by atoms with E-state index in [2.05, 4.69) is 20.0 Å². The molecular formula is C25H26ClF2N5O5. The summed E-state index contributed by atoms with van der Waals surface area (Å²) in [5.41, 5.74) is -2.67. The summed E-state index contributed by atoms with van der Waals surface area (Å²) in [4.78, 5) is 23.1. The number of hydrogen-bond donors (Lipinski definition) is 2. The van der Waals surface area contributed by atoms with Crippen LogP contribution in [0.3, 0.4) is 0 Å². The highest BCUT2D eigenvalue weighted by Crippen LogP contribution is 2.44. The highest BCUT2D eigenvalue weighted by atomic mass is 35.5. The van der Waals surface area contributed by atoms with Crippen molar-refractivity contribution < 1.29 is 33.3 Å². The molecule has 4 heterocycles. The largest absolute Gasteiger partial charge is 0.459 e. The molecule has 38 heavy (non-hydrogen) atoms. The van der Waals surface area contributed by atoms with Crippen molar-refractivity contribution >= 4 is 34.4 Å². The van der Waals surface area contributed by atoms with Gasteiger partial charge in [0.05, 0.1) is 17.1 Å².